The Morgan fingerprint density at radius 2 is 2.00 bits per heavy atom. The van der Waals surface area contributed by atoms with Gasteiger partial charge in [0, 0.05) is 25.0 Å². The molecule has 0 aromatic carbocycles. The number of aromatic nitrogens is 2. The van der Waals surface area contributed by atoms with Crippen LogP contribution in [-0.2, 0) is 0 Å². The lowest BCUT2D eigenvalue weighted by Gasteiger charge is -2.33. The highest BCUT2D eigenvalue weighted by molar-refractivity contribution is 5.74. The molecule has 2 heterocycles. The van der Waals surface area contributed by atoms with Gasteiger partial charge in [-0.3, -0.25) is 0 Å². The number of urea groups is 1. The zero-order valence-corrected chi connectivity index (χ0v) is 14.3. The summed E-state index contributed by atoms with van der Waals surface area (Å²) in [5.74, 6) is 1.87. The first-order valence-electron chi connectivity index (χ1n) is 9.02. The van der Waals surface area contributed by atoms with Gasteiger partial charge in [-0.05, 0) is 25.7 Å². The molecule has 1 saturated carbocycles. The SMILES string of the molecule is CC(C)c1noc(C2CCCN(C(=O)NC3CCCCC3)C2)n1. The Hall–Kier alpha value is -1.59. The average Bonchev–Trinajstić information content (AvgIpc) is 3.06. The number of nitrogens with one attached hydrogen (secondary N) is 1. The molecule has 1 aliphatic heterocycles. The first kappa shape index (κ1) is 16.3. The van der Waals surface area contributed by atoms with Gasteiger partial charge in [-0.15, -0.1) is 0 Å². The van der Waals surface area contributed by atoms with Crippen molar-refractivity contribution >= 4 is 6.03 Å². The van der Waals surface area contributed by atoms with Crippen LogP contribution >= 0.6 is 0 Å². The molecule has 2 amide bonds. The van der Waals surface area contributed by atoms with Crippen LogP contribution < -0.4 is 5.32 Å². The van der Waals surface area contributed by atoms with Gasteiger partial charge in [0.15, 0.2) is 5.82 Å². The van der Waals surface area contributed by atoms with Crippen molar-refractivity contribution in [1.82, 2.24) is 20.4 Å². The van der Waals surface area contributed by atoms with Gasteiger partial charge in [0.05, 0.1) is 5.92 Å². The van der Waals surface area contributed by atoms with E-state index in [1.54, 1.807) is 0 Å². The normalized spacial score (nSPS) is 23.3. The van der Waals surface area contributed by atoms with Crippen LogP contribution in [0.5, 0.6) is 0 Å². The van der Waals surface area contributed by atoms with Crippen molar-refractivity contribution in [3.05, 3.63) is 11.7 Å². The summed E-state index contributed by atoms with van der Waals surface area (Å²) in [6, 6.07) is 0.428. The highest BCUT2D eigenvalue weighted by Crippen LogP contribution is 2.27. The Balaban J connectivity index is 1.57. The molecule has 1 aliphatic carbocycles. The summed E-state index contributed by atoms with van der Waals surface area (Å²) in [4.78, 5) is 18.9. The zero-order valence-electron chi connectivity index (χ0n) is 14.3. The molecule has 0 bridgehead atoms. The minimum absolute atomic E-state index is 0.0743. The predicted molar refractivity (Wildman–Crippen MR) is 87.3 cm³/mol. The molecule has 1 N–H and O–H groups in total. The molecular weight excluding hydrogens is 292 g/mol. The standard InChI is InChI=1S/C17H28N4O2/c1-12(2)15-19-16(23-20-15)13-7-6-10-21(11-13)17(22)18-14-8-4-3-5-9-14/h12-14H,3-11H2,1-2H3,(H,18,22). The van der Waals surface area contributed by atoms with Gasteiger partial charge in [0.1, 0.15) is 0 Å². The number of nitrogens with zero attached hydrogens (tertiary/aromatic N) is 3. The first-order chi connectivity index (χ1) is 11.1. The summed E-state index contributed by atoms with van der Waals surface area (Å²) in [5, 5.41) is 7.25. The third-order valence-corrected chi connectivity index (χ3v) is 4.96. The maximum absolute atomic E-state index is 12.5. The maximum atomic E-state index is 12.5. The molecule has 0 spiro atoms. The maximum Gasteiger partial charge on any atom is 0.317 e. The van der Waals surface area contributed by atoms with Gasteiger partial charge in [0.2, 0.25) is 5.89 Å². The Morgan fingerprint density at radius 3 is 2.70 bits per heavy atom. The van der Waals surface area contributed by atoms with Crippen molar-refractivity contribution < 1.29 is 9.32 Å². The summed E-state index contributed by atoms with van der Waals surface area (Å²) >= 11 is 0. The second-order valence-corrected chi connectivity index (χ2v) is 7.22. The van der Waals surface area contributed by atoms with Crippen molar-refractivity contribution in [3.8, 4) is 0 Å². The number of hydrogen-bond donors (Lipinski definition) is 1. The van der Waals surface area contributed by atoms with E-state index in [0.717, 1.165) is 38.1 Å². The van der Waals surface area contributed by atoms with Crippen LogP contribution in [0.4, 0.5) is 4.79 Å². The van der Waals surface area contributed by atoms with Gasteiger partial charge >= 0.3 is 6.03 Å². The topological polar surface area (TPSA) is 71.3 Å². The zero-order chi connectivity index (χ0) is 16.2. The van der Waals surface area contributed by atoms with Gasteiger partial charge in [-0.25, -0.2) is 4.79 Å². The molecule has 1 unspecified atom stereocenters. The van der Waals surface area contributed by atoms with Crippen molar-refractivity contribution in [2.24, 2.45) is 0 Å². The van der Waals surface area contributed by atoms with Crippen LogP contribution in [0.3, 0.4) is 0 Å². The third-order valence-electron chi connectivity index (χ3n) is 4.96. The molecule has 2 fully saturated rings. The largest absolute Gasteiger partial charge is 0.339 e. The van der Waals surface area contributed by atoms with Gasteiger partial charge in [0.25, 0.3) is 0 Å². The molecule has 1 aromatic heterocycles. The van der Waals surface area contributed by atoms with Gasteiger partial charge in [-0.2, -0.15) is 4.98 Å². The fourth-order valence-electron chi connectivity index (χ4n) is 3.52. The molecule has 23 heavy (non-hydrogen) atoms. The molecule has 1 aromatic rings. The fraction of sp³-hybridized carbons (Fsp3) is 0.824. The summed E-state index contributed by atoms with van der Waals surface area (Å²) in [6.07, 6.45) is 7.98. The molecule has 2 aliphatic rings. The highest BCUT2D eigenvalue weighted by Gasteiger charge is 2.29. The van der Waals surface area contributed by atoms with Gasteiger partial charge < -0.3 is 14.7 Å². The summed E-state index contributed by atoms with van der Waals surface area (Å²) < 4.78 is 5.42. The van der Waals surface area contributed by atoms with Gasteiger partial charge in [-0.1, -0.05) is 38.3 Å². The first-order valence-corrected chi connectivity index (χ1v) is 9.02. The smallest absolute Gasteiger partial charge is 0.317 e. The predicted octanol–water partition coefficient (Wildman–Crippen LogP) is 3.41. The average molecular weight is 320 g/mol. The number of carbonyl (C=O) groups excluding carboxylic acids is 1. The lowest BCUT2D eigenvalue weighted by atomic mass is 9.95. The van der Waals surface area contributed by atoms with E-state index >= 15 is 0 Å². The monoisotopic (exact) mass is 320 g/mol. The van der Waals surface area contributed by atoms with Crippen LogP contribution in [0.2, 0.25) is 0 Å². The minimum atomic E-state index is 0.0743. The third kappa shape index (κ3) is 4.03. The molecule has 6 nitrogen and oxygen atoms in total. The molecule has 1 saturated heterocycles. The molecule has 1 atom stereocenters. The van der Waals surface area contributed by atoms with E-state index in [2.05, 4.69) is 29.3 Å². The van der Waals surface area contributed by atoms with Crippen molar-refractivity contribution in [3.63, 3.8) is 0 Å². The van der Waals surface area contributed by atoms with E-state index in [1.807, 2.05) is 4.90 Å². The van der Waals surface area contributed by atoms with Crippen LogP contribution in [-0.4, -0.2) is 40.2 Å². The summed E-state index contributed by atoms with van der Waals surface area (Å²) in [5.41, 5.74) is 0. The van der Waals surface area contributed by atoms with Crippen LogP contribution in [0.25, 0.3) is 0 Å². The quantitative estimate of drug-likeness (QED) is 0.926. The number of piperidine rings is 1. The number of hydrogen-bond acceptors (Lipinski definition) is 4. The van der Waals surface area contributed by atoms with Crippen molar-refractivity contribution in [2.45, 2.75) is 76.7 Å². The molecule has 6 heteroatoms. The van der Waals surface area contributed by atoms with E-state index in [0.29, 0.717) is 18.5 Å². The van der Waals surface area contributed by atoms with E-state index in [-0.39, 0.29) is 17.9 Å². The lowest BCUT2D eigenvalue weighted by molar-refractivity contribution is 0.166. The Kier molecular flexibility index (Phi) is 5.18. The van der Waals surface area contributed by atoms with E-state index in [1.165, 1.54) is 19.3 Å². The van der Waals surface area contributed by atoms with E-state index in [4.69, 9.17) is 4.52 Å². The number of carbonyl (C=O) groups is 1. The molecule has 3 rings (SSSR count). The Labute approximate surface area is 138 Å². The summed E-state index contributed by atoms with van der Waals surface area (Å²) in [7, 11) is 0. The van der Waals surface area contributed by atoms with E-state index < -0.39 is 0 Å². The summed E-state index contributed by atoms with van der Waals surface area (Å²) in [6.45, 7) is 5.61. The highest BCUT2D eigenvalue weighted by atomic mass is 16.5. The second kappa shape index (κ2) is 7.32. The Bertz CT molecular complexity index is 522. The van der Waals surface area contributed by atoms with Crippen molar-refractivity contribution in [1.29, 1.82) is 0 Å². The Morgan fingerprint density at radius 1 is 1.22 bits per heavy atom. The van der Waals surface area contributed by atoms with Crippen LogP contribution in [0.1, 0.15) is 82.3 Å². The lowest BCUT2D eigenvalue weighted by Crippen LogP contribution is -2.48. The number of rotatable bonds is 3. The second-order valence-electron chi connectivity index (χ2n) is 7.22. The number of likely N-dealkylation sites (tertiary alicyclic amines) is 1. The van der Waals surface area contributed by atoms with Crippen LogP contribution in [0, 0.1) is 0 Å². The fourth-order valence-corrected chi connectivity index (χ4v) is 3.52. The van der Waals surface area contributed by atoms with E-state index in [9.17, 15) is 4.79 Å². The molecular formula is C17H28N4O2. The minimum Gasteiger partial charge on any atom is -0.339 e. The van der Waals surface area contributed by atoms with Crippen LogP contribution in [0.15, 0.2) is 4.52 Å². The van der Waals surface area contributed by atoms with Crippen molar-refractivity contribution in [2.75, 3.05) is 13.1 Å². The number of amides is 2. The molecule has 128 valence electrons. The molecule has 0 radical (unpaired) electrons.